The molecule has 4 rings (SSSR count). The largest absolute Gasteiger partial charge is 0.497 e. The van der Waals surface area contributed by atoms with Crippen LogP contribution in [0.5, 0.6) is 5.75 Å². The van der Waals surface area contributed by atoms with Gasteiger partial charge in [-0.1, -0.05) is 37.3 Å². The molecule has 0 saturated carbocycles. The number of amides is 2. The molecule has 2 heterocycles. The molecule has 7 heteroatoms. The number of ether oxygens (including phenoxy) is 1. The molecule has 1 aromatic heterocycles. The zero-order valence-electron chi connectivity index (χ0n) is 19.3. The molecule has 0 spiro atoms. The van der Waals surface area contributed by atoms with Gasteiger partial charge in [-0.05, 0) is 49.3 Å². The summed E-state index contributed by atoms with van der Waals surface area (Å²) in [7, 11) is 1.60. The van der Waals surface area contributed by atoms with Crippen LogP contribution in [0.25, 0.3) is 23.0 Å². The number of aromatic nitrogens is 2. The molecule has 2 amide bonds. The van der Waals surface area contributed by atoms with Crippen LogP contribution < -0.4 is 4.74 Å². The number of carbonyl (C=O) groups excluding carboxylic acids is 2. The topological polar surface area (TPSA) is 88.2 Å². The highest BCUT2D eigenvalue weighted by Crippen LogP contribution is 2.32. The molecule has 34 heavy (non-hydrogen) atoms. The number of methoxy groups -OCH3 is 1. The van der Waals surface area contributed by atoms with Gasteiger partial charge in [-0.15, -0.1) is 0 Å². The summed E-state index contributed by atoms with van der Waals surface area (Å²) in [6.45, 7) is 3.77. The van der Waals surface area contributed by atoms with Crippen LogP contribution in [-0.2, 0) is 9.59 Å². The maximum absolute atomic E-state index is 13.3. The molecule has 0 N–H and O–H groups in total. The lowest BCUT2D eigenvalue weighted by Crippen LogP contribution is -2.43. The summed E-state index contributed by atoms with van der Waals surface area (Å²) >= 11 is 0. The van der Waals surface area contributed by atoms with E-state index in [4.69, 9.17) is 9.84 Å². The fraction of sp³-hybridized carbons (Fsp3) is 0.185. The Balaban J connectivity index is 1.93. The number of hydrogen-bond donors (Lipinski definition) is 0. The average molecular weight is 453 g/mol. The maximum atomic E-state index is 13.3. The Morgan fingerprint density at radius 1 is 1.09 bits per heavy atom. The zero-order valence-corrected chi connectivity index (χ0v) is 19.3. The third kappa shape index (κ3) is 4.14. The Bertz CT molecular complexity index is 1360. The fourth-order valence-corrected chi connectivity index (χ4v) is 3.91. The van der Waals surface area contributed by atoms with E-state index >= 15 is 0 Å². The van der Waals surface area contributed by atoms with Crippen LogP contribution in [0.2, 0.25) is 0 Å². The molecule has 0 fully saturated rings. The quantitative estimate of drug-likeness (QED) is 0.404. The Morgan fingerprint density at radius 2 is 1.85 bits per heavy atom. The summed E-state index contributed by atoms with van der Waals surface area (Å²) in [6, 6.07) is 19.1. The highest BCUT2D eigenvalue weighted by molar-refractivity contribution is 6.19. The van der Waals surface area contributed by atoms with Crippen LogP contribution >= 0.6 is 0 Å². The number of benzene rings is 2. The molecule has 0 bridgehead atoms. The number of nitrogens with zero attached hydrogens (tertiary/aromatic N) is 4. The summed E-state index contributed by atoms with van der Waals surface area (Å²) in [5, 5.41) is 14.4. The van der Waals surface area contributed by atoms with Crippen LogP contribution in [-0.4, -0.2) is 40.1 Å². The normalized spacial score (nSPS) is 15.1. The van der Waals surface area contributed by atoms with Crippen molar-refractivity contribution in [3.8, 4) is 28.8 Å². The van der Waals surface area contributed by atoms with Crippen LogP contribution in [0.4, 0.5) is 0 Å². The minimum Gasteiger partial charge on any atom is -0.497 e. The fourth-order valence-electron chi connectivity index (χ4n) is 3.91. The molecule has 170 valence electrons. The van der Waals surface area contributed by atoms with E-state index in [2.05, 4.69) is 0 Å². The van der Waals surface area contributed by atoms with Crippen molar-refractivity contribution < 1.29 is 14.3 Å². The SMILES string of the molecule is CCCN1C(=O)C(C#N)=C(C)/C(=C\c2cn(-c3ccccc3)nc2-c2cccc(OC)c2)C1=O. The van der Waals surface area contributed by atoms with Gasteiger partial charge in [0, 0.05) is 29.4 Å². The van der Waals surface area contributed by atoms with Crippen molar-refractivity contribution in [2.45, 2.75) is 20.3 Å². The maximum Gasteiger partial charge on any atom is 0.271 e. The molecule has 0 unspecified atom stereocenters. The summed E-state index contributed by atoms with van der Waals surface area (Å²) in [4.78, 5) is 27.1. The molecule has 0 atom stereocenters. The van der Waals surface area contributed by atoms with E-state index in [1.165, 1.54) is 0 Å². The molecule has 2 aromatic carbocycles. The van der Waals surface area contributed by atoms with Gasteiger partial charge in [0.05, 0.1) is 12.8 Å². The molecule has 0 aliphatic carbocycles. The van der Waals surface area contributed by atoms with Gasteiger partial charge in [0.15, 0.2) is 0 Å². The Labute approximate surface area is 198 Å². The molecule has 0 saturated heterocycles. The second-order valence-corrected chi connectivity index (χ2v) is 7.88. The second kappa shape index (κ2) is 9.59. The first-order valence-electron chi connectivity index (χ1n) is 11.0. The minimum absolute atomic E-state index is 0.0160. The molecule has 7 nitrogen and oxygen atoms in total. The lowest BCUT2D eigenvalue weighted by molar-refractivity contribution is -0.140. The van der Waals surface area contributed by atoms with Gasteiger partial charge in [-0.2, -0.15) is 10.4 Å². The van der Waals surface area contributed by atoms with E-state index in [9.17, 15) is 14.9 Å². The van der Waals surface area contributed by atoms with Gasteiger partial charge < -0.3 is 4.74 Å². The molecule has 0 radical (unpaired) electrons. The summed E-state index contributed by atoms with van der Waals surface area (Å²) in [5.41, 5.74) is 3.66. The van der Waals surface area contributed by atoms with Crippen molar-refractivity contribution in [3.63, 3.8) is 0 Å². The zero-order chi connectivity index (χ0) is 24.2. The van der Waals surface area contributed by atoms with Gasteiger partial charge in [0.2, 0.25) is 0 Å². The smallest absolute Gasteiger partial charge is 0.271 e. The van der Waals surface area contributed by atoms with Crippen molar-refractivity contribution in [1.29, 1.82) is 5.26 Å². The molecule has 1 aliphatic heterocycles. The average Bonchev–Trinajstić information content (AvgIpc) is 3.29. The molecule has 3 aromatic rings. The number of imide groups is 1. The van der Waals surface area contributed by atoms with Crippen molar-refractivity contribution in [1.82, 2.24) is 14.7 Å². The molecular weight excluding hydrogens is 428 g/mol. The van der Waals surface area contributed by atoms with Gasteiger partial charge in [0.1, 0.15) is 23.1 Å². The highest BCUT2D eigenvalue weighted by atomic mass is 16.5. The molecule has 1 aliphatic rings. The van der Waals surface area contributed by atoms with Crippen LogP contribution in [0.15, 0.2) is 77.5 Å². The van der Waals surface area contributed by atoms with E-state index in [0.29, 0.717) is 34.6 Å². The van der Waals surface area contributed by atoms with Gasteiger partial charge >= 0.3 is 0 Å². The van der Waals surface area contributed by atoms with Crippen LogP contribution in [0.1, 0.15) is 25.8 Å². The molecular formula is C27H24N4O3. The van der Waals surface area contributed by atoms with Crippen LogP contribution in [0, 0.1) is 11.3 Å². The van der Waals surface area contributed by atoms with E-state index in [0.717, 1.165) is 16.2 Å². The lowest BCUT2D eigenvalue weighted by atomic mass is 9.93. The van der Waals surface area contributed by atoms with Crippen molar-refractivity contribution in [2.24, 2.45) is 0 Å². The first kappa shape index (κ1) is 22.7. The minimum atomic E-state index is -0.544. The third-order valence-corrected chi connectivity index (χ3v) is 5.68. The number of hydrogen-bond acceptors (Lipinski definition) is 5. The van der Waals surface area contributed by atoms with Crippen LogP contribution in [0.3, 0.4) is 0 Å². The Kier molecular flexibility index (Phi) is 6.42. The standard InChI is InChI=1S/C27H24N4O3/c1-4-13-30-26(32)23(18(2)24(16-28)27(30)33)15-20-17-31(21-10-6-5-7-11-21)29-25(20)19-9-8-12-22(14-19)34-3/h5-12,14-15,17H,4,13H2,1-3H3/b23-15+. The predicted molar refractivity (Wildman–Crippen MR) is 129 cm³/mol. The van der Waals surface area contributed by atoms with E-state index in [-0.39, 0.29) is 12.1 Å². The van der Waals surface area contributed by atoms with Gasteiger partial charge in [-0.3, -0.25) is 14.5 Å². The predicted octanol–water partition coefficient (Wildman–Crippen LogP) is 4.55. The summed E-state index contributed by atoms with van der Waals surface area (Å²) in [5.74, 6) is -0.272. The summed E-state index contributed by atoms with van der Waals surface area (Å²) in [6.07, 6.45) is 4.15. The van der Waals surface area contributed by atoms with Crippen molar-refractivity contribution >= 4 is 17.9 Å². The Hall–Kier alpha value is -4.44. The second-order valence-electron chi connectivity index (χ2n) is 7.88. The monoisotopic (exact) mass is 452 g/mol. The van der Waals surface area contributed by atoms with E-state index < -0.39 is 11.8 Å². The first-order chi connectivity index (χ1) is 16.5. The number of nitriles is 1. The third-order valence-electron chi connectivity index (χ3n) is 5.68. The number of para-hydroxylation sites is 1. The van der Waals surface area contributed by atoms with Crippen molar-refractivity contribution in [2.75, 3.05) is 13.7 Å². The lowest BCUT2D eigenvalue weighted by Gasteiger charge is -2.27. The number of carbonyl (C=O) groups is 2. The highest BCUT2D eigenvalue weighted by Gasteiger charge is 2.35. The van der Waals surface area contributed by atoms with E-state index in [1.807, 2.05) is 73.8 Å². The van der Waals surface area contributed by atoms with Crippen molar-refractivity contribution in [3.05, 3.63) is 83.1 Å². The van der Waals surface area contributed by atoms with E-state index in [1.54, 1.807) is 24.8 Å². The van der Waals surface area contributed by atoms with Gasteiger partial charge in [-0.25, -0.2) is 4.68 Å². The Morgan fingerprint density at radius 3 is 2.53 bits per heavy atom. The number of rotatable bonds is 6. The summed E-state index contributed by atoms with van der Waals surface area (Å²) < 4.78 is 7.13. The first-order valence-corrected chi connectivity index (χ1v) is 11.0. The van der Waals surface area contributed by atoms with Gasteiger partial charge in [0.25, 0.3) is 11.8 Å².